The summed E-state index contributed by atoms with van der Waals surface area (Å²) in [6.07, 6.45) is 0.841. The van der Waals surface area contributed by atoms with Crippen molar-refractivity contribution in [3.05, 3.63) is 35.4 Å². The quantitative estimate of drug-likeness (QED) is 0.596. The molecular weight excluding hydrogens is 188 g/mol. The molecule has 80 valence electrons. The van der Waals surface area contributed by atoms with Crippen molar-refractivity contribution in [2.45, 2.75) is 27.2 Å². The normalized spacial score (nSPS) is 11.3. The van der Waals surface area contributed by atoms with E-state index in [-0.39, 0.29) is 5.91 Å². The van der Waals surface area contributed by atoms with Gasteiger partial charge >= 0.3 is 0 Å². The molecule has 0 spiro atoms. The fourth-order valence-electron chi connectivity index (χ4n) is 0.995. The second-order valence-electron chi connectivity index (χ2n) is 3.51. The van der Waals surface area contributed by atoms with Crippen LogP contribution in [0.15, 0.2) is 29.4 Å². The summed E-state index contributed by atoms with van der Waals surface area (Å²) in [6.45, 7) is 5.87. The average Bonchev–Trinajstić information content (AvgIpc) is 2.26. The summed E-state index contributed by atoms with van der Waals surface area (Å²) < 4.78 is 0. The maximum Gasteiger partial charge on any atom is 0.271 e. The van der Waals surface area contributed by atoms with Gasteiger partial charge in [-0.25, -0.2) is 5.43 Å². The second-order valence-corrected chi connectivity index (χ2v) is 3.51. The summed E-state index contributed by atoms with van der Waals surface area (Å²) in [4.78, 5) is 11.6. The van der Waals surface area contributed by atoms with Gasteiger partial charge in [-0.15, -0.1) is 0 Å². The van der Waals surface area contributed by atoms with E-state index >= 15 is 0 Å². The van der Waals surface area contributed by atoms with Crippen LogP contribution in [0.5, 0.6) is 0 Å². The molecule has 0 aromatic heterocycles. The minimum absolute atomic E-state index is 0.164. The van der Waals surface area contributed by atoms with Gasteiger partial charge in [0.15, 0.2) is 0 Å². The number of hydrogen-bond acceptors (Lipinski definition) is 2. The number of nitrogens with one attached hydrogen (secondary N) is 1. The first-order valence-electron chi connectivity index (χ1n) is 5.03. The summed E-state index contributed by atoms with van der Waals surface area (Å²) in [5.41, 5.74) is 5.20. The fraction of sp³-hybridized carbons (Fsp3) is 0.333. The first-order chi connectivity index (χ1) is 7.13. The molecule has 0 saturated carbocycles. The third kappa shape index (κ3) is 3.54. The van der Waals surface area contributed by atoms with Crippen molar-refractivity contribution in [3.8, 4) is 0 Å². The lowest BCUT2D eigenvalue weighted by Crippen LogP contribution is -2.18. The van der Waals surface area contributed by atoms with Crippen molar-refractivity contribution in [2.75, 3.05) is 0 Å². The Morgan fingerprint density at radius 2 is 1.93 bits per heavy atom. The molecule has 0 aliphatic carbocycles. The van der Waals surface area contributed by atoms with Gasteiger partial charge in [0.2, 0.25) is 0 Å². The molecule has 1 aromatic carbocycles. The summed E-state index contributed by atoms with van der Waals surface area (Å²) >= 11 is 0. The molecule has 1 amide bonds. The van der Waals surface area contributed by atoms with Gasteiger partial charge in [0, 0.05) is 11.3 Å². The van der Waals surface area contributed by atoms with Crippen LogP contribution in [0.25, 0.3) is 0 Å². The third-order valence-corrected chi connectivity index (χ3v) is 2.17. The Labute approximate surface area is 90.2 Å². The predicted molar refractivity (Wildman–Crippen MR) is 62.0 cm³/mol. The standard InChI is InChI=1S/C12H16N2O/c1-4-10(3)13-14-12(15)11-7-5-9(2)6-8-11/h5-8H,4H2,1-3H3,(H,14,15)/b13-10-. The number of hydrogen-bond donors (Lipinski definition) is 1. The molecule has 0 fully saturated rings. The molecule has 0 aliphatic heterocycles. The number of benzene rings is 1. The Balaban J connectivity index is 2.66. The number of amides is 1. The van der Waals surface area contributed by atoms with Crippen LogP contribution in [-0.2, 0) is 0 Å². The van der Waals surface area contributed by atoms with Crippen LogP contribution in [0.3, 0.4) is 0 Å². The predicted octanol–water partition coefficient (Wildman–Crippen LogP) is 2.51. The Hall–Kier alpha value is -1.64. The molecule has 0 bridgehead atoms. The largest absolute Gasteiger partial charge is 0.271 e. The highest BCUT2D eigenvalue weighted by atomic mass is 16.2. The van der Waals surface area contributed by atoms with Gasteiger partial charge in [0.05, 0.1) is 0 Å². The van der Waals surface area contributed by atoms with E-state index in [1.54, 1.807) is 12.1 Å². The highest BCUT2D eigenvalue weighted by Gasteiger charge is 2.02. The van der Waals surface area contributed by atoms with E-state index in [1.165, 1.54) is 0 Å². The third-order valence-electron chi connectivity index (χ3n) is 2.17. The van der Waals surface area contributed by atoms with Crippen molar-refractivity contribution in [1.29, 1.82) is 0 Å². The molecule has 1 rings (SSSR count). The average molecular weight is 204 g/mol. The molecule has 3 heteroatoms. The van der Waals surface area contributed by atoms with E-state index in [1.807, 2.05) is 32.9 Å². The van der Waals surface area contributed by atoms with Crippen LogP contribution >= 0.6 is 0 Å². The smallest absolute Gasteiger partial charge is 0.267 e. The van der Waals surface area contributed by atoms with Crippen molar-refractivity contribution < 1.29 is 4.79 Å². The van der Waals surface area contributed by atoms with Crippen molar-refractivity contribution >= 4 is 11.6 Å². The van der Waals surface area contributed by atoms with E-state index < -0.39 is 0 Å². The molecule has 0 unspecified atom stereocenters. The lowest BCUT2D eigenvalue weighted by molar-refractivity contribution is 0.0954. The van der Waals surface area contributed by atoms with Gasteiger partial charge in [-0.3, -0.25) is 4.79 Å². The van der Waals surface area contributed by atoms with Gasteiger partial charge in [-0.1, -0.05) is 24.6 Å². The maximum atomic E-state index is 11.6. The molecule has 0 atom stereocenters. The van der Waals surface area contributed by atoms with E-state index in [4.69, 9.17) is 0 Å². The topological polar surface area (TPSA) is 41.5 Å². The fourth-order valence-corrected chi connectivity index (χ4v) is 0.995. The summed E-state index contributed by atoms with van der Waals surface area (Å²) in [6, 6.07) is 7.40. The molecule has 1 N–H and O–H groups in total. The number of carbonyl (C=O) groups excluding carboxylic acids is 1. The van der Waals surface area contributed by atoms with Gasteiger partial charge in [0.1, 0.15) is 0 Å². The van der Waals surface area contributed by atoms with Crippen LogP contribution in [0.4, 0.5) is 0 Å². The zero-order valence-corrected chi connectivity index (χ0v) is 9.37. The molecule has 3 nitrogen and oxygen atoms in total. The zero-order valence-electron chi connectivity index (χ0n) is 9.37. The van der Waals surface area contributed by atoms with Gasteiger partial charge in [-0.05, 0) is 32.4 Å². The van der Waals surface area contributed by atoms with Crippen LogP contribution in [0.2, 0.25) is 0 Å². The van der Waals surface area contributed by atoms with E-state index in [2.05, 4.69) is 10.5 Å². The van der Waals surface area contributed by atoms with Gasteiger partial charge in [-0.2, -0.15) is 5.10 Å². The highest BCUT2D eigenvalue weighted by molar-refractivity contribution is 5.95. The molecular formula is C12H16N2O. The van der Waals surface area contributed by atoms with E-state index in [0.717, 1.165) is 17.7 Å². The van der Waals surface area contributed by atoms with Crippen LogP contribution in [0.1, 0.15) is 36.2 Å². The number of carbonyl (C=O) groups is 1. The zero-order chi connectivity index (χ0) is 11.3. The molecule has 0 radical (unpaired) electrons. The Morgan fingerprint density at radius 3 is 2.47 bits per heavy atom. The molecule has 15 heavy (non-hydrogen) atoms. The summed E-state index contributed by atoms with van der Waals surface area (Å²) in [7, 11) is 0. The Bertz CT molecular complexity index is 366. The first-order valence-corrected chi connectivity index (χ1v) is 5.03. The van der Waals surface area contributed by atoms with Gasteiger partial charge < -0.3 is 0 Å². The van der Waals surface area contributed by atoms with Gasteiger partial charge in [0.25, 0.3) is 5.91 Å². The lowest BCUT2D eigenvalue weighted by Gasteiger charge is -2.01. The Kier molecular flexibility index (Phi) is 4.03. The van der Waals surface area contributed by atoms with Crippen molar-refractivity contribution in [2.24, 2.45) is 5.10 Å². The van der Waals surface area contributed by atoms with E-state index in [9.17, 15) is 4.79 Å². The van der Waals surface area contributed by atoms with Crippen molar-refractivity contribution in [3.63, 3.8) is 0 Å². The van der Waals surface area contributed by atoms with Crippen LogP contribution in [-0.4, -0.2) is 11.6 Å². The highest BCUT2D eigenvalue weighted by Crippen LogP contribution is 2.02. The summed E-state index contributed by atoms with van der Waals surface area (Å²) in [5, 5.41) is 3.96. The molecule has 1 aromatic rings. The molecule has 0 aliphatic rings. The minimum atomic E-state index is -0.164. The Morgan fingerprint density at radius 1 is 1.33 bits per heavy atom. The molecule has 0 heterocycles. The second kappa shape index (κ2) is 5.29. The lowest BCUT2D eigenvalue weighted by atomic mass is 10.1. The number of rotatable bonds is 3. The minimum Gasteiger partial charge on any atom is -0.267 e. The number of hydrazone groups is 1. The number of nitrogens with zero attached hydrogens (tertiary/aromatic N) is 1. The summed E-state index contributed by atoms with van der Waals surface area (Å²) in [5.74, 6) is -0.164. The number of aryl methyl sites for hydroxylation is 1. The first kappa shape index (κ1) is 11.4. The molecule has 0 saturated heterocycles. The van der Waals surface area contributed by atoms with Crippen LogP contribution in [0, 0.1) is 6.92 Å². The van der Waals surface area contributed by atoms with Crippen LogP contribution < -0.4 is 5.43 Å². The van der Waals surface area contributed by atoms with E-state index in [0.29, 0.717) is 5.56 Å². The SMILES string of the molecule is CC/C(C)=N\NC(=O)c1ccc(C)cc1. The monoisotopic (exact) mass is 204 g/mol. The van der Waals surface area contributed by atoms with Crippen molar-refractivity contribution in [1.82, 2.24) is 5.43 Å². The maximum absolute atomic E-state index is 11.6.